The summed E-state index contributed by atoms with van der Waals surface area (Å²) in [5.74, 6) is -0.109. The van der Waals surface area contributed by atoms with E-state index in [1.807, 2.05) is 26.0 Å². The van der Waals surface area contributed by atoms with E-state index in [1.54, 1.807) is 0 Å². The molecule has 0 aliphatic carbocycles. The highest BCUT2D eigenvalue weighted by Gasteiger charge is 2.08. The Morgan fingerprint density at radius 1 is 1.29 bits per heavy atom. The lowest BCUT2D eigenvalue weighted by Gasteiger charge is -2.06. The maximum atomic E-state index is 10.9. The minimum atomic E-state index is -3.44. The Morgan fingerprint density at radius 2 is 1.71 bits per heavy atom. The molecule has 3 nitrogen and oxygen atoms in total. The molecule has 5 heteroatoms. The molecular weight excluding hydrogens is 266 g/mol. The van der Waals surface area contributed by atoms with Crippen LogP contribution in [0, 0.1) is 13.8 Å². The van der Waals surface area contributed by atoms with Gasteiger partial charge in [-0.15, -0.1) is 0 Å². The summed E-state index contributed by atoms with van der Waals surface area (Å²) in [6.45, 7) is 3.84. The zero-order valence-corrected chi connectivity index (χ0v) is 10.4. The summed E-state index contributed by atoms with van der Waals surface area (Å²) in [4.78, 5) is 0. The van der Waals surface area contributed by atoms with Crippen molar-refractivity contribution in [3.05, 3.63) is 33.3 Å². The lowest BCUT2D eigenvalue weighted by Crippen LogP contribution is -2.14. The zero-order chi connectivity index (χ0) is 10.9. The fraction of sp³-hybridized carbons (Fsp3) is 0.333. The highest BCUT2D eigenvalue weighted by Crippen LogP contribution is 2.23. The van der Waals surface area contributed by atoms with E-state index < -0.39 is 10.0 Å². The molecule has 0 bridgehead atoms. The van der Waals surface area contributed by atoms with Gasteiger partial charge in [0.25, 0.3) is 0 Å². The molecule has 0 atom stereocenters. The fourth-order valence-corrected chi connectivity index (χ4v) is 2.21. The molecule has 0 saturated carbocycles. The first-order valence-corrected chi connectivity index (χ1v) is 6.56. The number of rotatable bonds is 2. The van der Waals surface area contributed by atoms with E-state index in [0.717, 1.165) is 21.2 Å². The fourth-order valence-electron chi connectivity index (χ4n) is 1.35. The van der Waals surface area contributed by atoms with Gasteiger partial charge in [0.2, 0.25) is 10.0 Å². The van der Waals surface area contributed by atoms with Crippen LogP contribution in [0.4, 0.5) is 0 Å². The van der Waals surface area contributed by atoms with Gasteiger partial charge in [-0.25, -0.2) is 13.6 Å². The second-order valence-electron chi connectivity index (χ2n) is 3.35. The van der Waals surface area contributed by atoms with Gasteiger partial charge in [-0.3, -0.25) is 0 Å². The van der Waals surface area contributed by atoms with Crippen LogP contribution in [0.2, 0.25) is 0 Å². The predicted octanol–water partition coefficient (Wildman–Crippen LogP) is 1.85. The molecule has 0 radical (unpaired) electrons. The largest absolute Gasteiger partial charge is 0.228 e. The van der Waals surface area contributed by atoms with Crippen molar-refractivity contribution in [1.82, 2.24) is 0 Å². The molecule has 0 spiro atoms. The molecule has 0 aromatic heterocycles. The van der Waals surface area contributed by atoms with Crippen LogP contribution in [-0.2, 0) is 15.8 Å². The highest BCUT2D eigenvalue weighted by atomic mass is 79.9. The van der Waals surface area contributed by atoms with Crippen LogP contribution in [0.5, 0.6) is 0 Å². The third kappa shape index (κ3) is 3.08. The first kappa shape index (κ1) is 11.7. The van der Waals surface area contributed by atoms with E-state index in [9.17, 15) is 8.42 Å². The Balaban J connectivity index is 3.14. The van der Waals surface area contributed by atoms with Gasteiger partial charge in [-0.2, -0.15) is 0 Å². The maximum absolute atomic E-state index is 10.9. The standard InChI is InChI=1S/C9H12BrNO2S/c1-6-3-8(5-14(11,12)13)4-7(2)9(6)10/h3-4H,5H2,1-2H3,(H2,11,12,13). The van der Waals surface area contributed by atoms with Crippen LogP contribution in [0.15, 0.2) is 16.6 Å². The van der Waals surface area contributed by atoms with E-state index in [1.165, 1.54) is 0 Å². The van der Waals surface area contributed by atoms with Gasteiger partial charge in [-0.05, 0) is 30.5 Å². The molecule has 1 aromatic rings. The van der Waals surface area contributed by atoms with Crippen LogP contribution in [0.25, 0.3) is 0 Å². The average molecular weight is 278 g/mol. The molecular formula is C9H12BrNO2S. The van der Waals surface area contributed by atoms with Crippen LogP contribution < -0.4 is 5.14 Å². The molecule has 0 unspecified atom stereocenters. The lowest BCUT2D eigenvalue weighted by atomic mass is 10.1. The maximum Gasteiger partial charge on any atom is 0.213 e. The van der Waals surface area contributed by atoms with E-state index in [0.29, 0.717) is 0 Å². The molecule has 2 N–H and O–H groups in total. The van der Waals surface area contributed by atoms with Gasteiger partial charge in [0.1, 0.15) is 0 Å². The lowest BCUT2D eigenvalue weighted by molar-refractivity contribution is 0.597. The van der Waals surface area contributed by atoms with E-state index >= 15 is 0 Å². The summed E-state index contributed by atoms with van der Waals surface area (Å²) in [5.41, 5.74) is 2.76. The van der Waals surface area contributed by atoms with Gasteiger partial charge in [0.05, 0.1) is 5.75 Å². The molecule has 0 fully saturated rings. The summed E-state index contributed by atoms with van der Waals surface area (Å²) >= 11 is 3.41. The average Bonchev–Trinajstić information content (AvgIpc) is 1.96. The second-order valence-corrected chi connectivity index (χ2v) is 5.76. The van der Waals surface area contributed by atoms with Crippen molar-refractivity contribution in [3.8, 4) is 0 Å². The number of primary sulfonamides is 1. The summed E-state index contributed by atoms with van der Waals surface area (Å²) < 4.78 is 22.8. The second kappa shape index (κ2) is 4.00. The minimum absolute atomic E-state index is 0.109. The molecule has 78 valence electrons. The van der Waals surface area contributed by atoms with Crippen molar-refractivity contribution >= 4 is 26.0 Å². The van der Waals surface area contributed by atoms with E-state index in [2.05, 4.69) is 15.9 Å². The van der Waals surface area contributed by atoms with Crippen molar-refractivity contribution in [2.24, 2.45) is 5.14 Å². The van der Waals surface area contributed by atoms with Crippen molar-refractivity contribution in [1.29, 1.82) is 0 Å². The molecule has 0 saturated heterocycles. The zero-order valence-electron chi connectivity index (χ0n) is 8.04. The van der Waals surface area contributed by atoms with Gasteiger partial charge in [0, 0.05) is 4.47 Å². The molecule has 0 aliphatic rings. The smallest absolute Gasteiger partial charge is 0.213 e. The number of hydrogen-bond donors (Lipinski definition) is 1. The molecule has 1 aromatic carbocycles. The molecule has 14 heavy (non-hydrogen) atoms. The van der Waals surface area contributed by atoms with Crippen LogP contribution in [0.3, 0.4) is 0 Å². The Hall–Kier alpha value is -0.390. The number of halogens is 1. The molecule has 1 rings (SSSR count). The molecule has 0 heterocycles. The normalized spacial score (nSPS) is 11.7. The van der Waals surface area contributed by atoms with Crippen LogP contribution in [-0.4, -0.2) is 8.42 Å². The first-order chi connectivity index (χ1) is 6.29. The minimum Gasteiger partial charge on any atom is -0.228 e. The Kier molecular flexibility index (Phi) is 3.34. The van der Waals surface area contributed by atoms with Crippen LogP contribution in [0.1, 0.15) is 16.7 Å². The SMILES string of the molecule is Cc1cc(CS(N)(=O)=O)cc(C)c1Br. The van der Waals surface area contributed by atoms with Gasteiger partial charge in [-0.1, -0.05) is 28.1 Å². The molecule has 0 amide bonds. The van der Waals surface area contributed by atoms with Crippen molar-refractivity contribution in [3.63, 3.8) is 0 Å². The van der Waals surface area contributed by atoms with Crippen molar-refractivity contribution in [2.75, 3.05) is 0 Å². The Labute approximate surface area is 92.5 Å². The first-order valence-electron chi connectivity index (χ1n) is 4.05. The van der Waals surface area contributed by atoms with Crippen molar-refractivity contribution in [2.45, 2.75) is 19.6 Å². The third-order valence-electron chi connectivity index (χ3n) is 1.86. The number of hydrogen-bond acceptors (Lipinski definition) is 2. The highest BCUT2D eigenvalue weighted by molar-refractivity contribution is 9.10. The number of sulfonamides is 1. The van der Waals surface area contributed by atoms with Gasteiger partial charge >= 0.3 is 0 Å². The Bertz CT molecular complexity index is 431. The van der Waals surface area contributed by atoms with E-state index in [4.69, 9.17) is 5.14 Å². The van der Waals surface area contributed by atoms with Crippen molar-refractivity contribution < 1.29 is 8.42 Å². The Morgan fingerprint density at radius 3 is 2.07 bits per heavy atom. The predicted molar refractivity (Wildman–Crippen MR) is 60.4 cm³/mol. The quantitative estimate of drug-likeness (QED) is 0.897. The number of aryl methyl sites for hydroxylation is 2. The third-order valence-corrected chi connectivity index (χ3v) is 3.85. The summed E-state index contributed by atoms with van der Waals surface area (Å²) in [5, 5.41) is 4.97. The van der Waals surface area contributed by atoms with Gasteiger partial charge in [0.15, 0.2) is 0 Å². The monoisotopic (exact) mass is 277 g/mol. The van der Waals surface area contributed by atoms with Crippen LogP contribution >= 0.6 is 15.9 Å². The summed E-state index contributed by atoms with van der Waals surface area (Å²) in [7, 11) is -3.44. The topological polar surface area (TPSA) is 60.2 Å². The summed E-state index contributed by atoms with van der Waals surface area (Å²) in [6.07, 6.45) is 0. The summed E-state index contributed by atoms with van der Waals surface area (Å²) in [6, 6.07) is 3.64. The van der Waals surface area contributed by atoms with Gasteiger partial charge < -0.3 is 0 Å². The number of benzene rings is 1. The number of nitrogens with two attached hydrogens (primary N) is 1. The molecule has 0 aliphatic heterocycles. The van der Waals surface area contributed by atoms with E-state index in [-0.39, 0.29) is 5.75 Å².